The molecule has 3 aromatic rings. The molecule has 0 aliphatic rings. The molecule has 0 saturated heterocycles. The van der Waals surface area contributed by atoms with Crippen LogP contribution in [0.1, 0.15) is 30.0 Å². The van der Waals surface area contributed by atoms with Crippen LogP contribution in [-0.2, 0) is 21.2 Å². The first-order chi connectivity index (χ1) is 13.2. The van der Waals surface area contributed by atoms with Gasteiger partial charge in [-0.25, -0.2) is 8.42 Å². The van der Waals surface area contributed by atoms with Crippen molar-refractivity contribution in [2.75, 3.05) is 5.75 Å². The van der Waals surface area contributed by atoms with Crippen LogP contribution in [0.2, 0.25) is 0 Å². The number of carbonyl (C=O) groups excluding carboxylic acids is 1. The van der Waals surface area contributed by atoms with Crippen molar-refractivity contribution < 1.29 is 13.2 Å². The van der Waals surface area contributed by atoms with Crippen molar-refractivity contribution in [3.05, 3.63) is 57.9 Å². The molecule has 0 spiro atoms. The number of thiazole rings is 1. The van der Waals surface area contributed by atoms with Crippen LogP contribution in [-0.4, -0.2) is 24.6 Å². The van der Waals surface area contributed by atoms with Crippen molar-refractivity contribution in [1.29, 1.82) is 0 Å². The molecule has 0 atom stereocenters. The van der Waals surface area contributed by atoms with Crippen LogP contribution in [0.25, 0.3) is 10.2 Å². The SMILES string of the molecule is CCn1c(=NC(=O)CCS(=O)(=O)c2ccc(C)cc2)sc2c(C)cc(C)cc21. The lowest BCUT2D eigenvalue weighted by molar-refractivity contribution is -0.117. The molecule has 0 fully saturated rings. The van der Waals surface area contributed by atoms with Crippen molar-refractivity contribution in [1.82, 2.24) is 4.57 Å². The molecule has 0 bridgehead atoms. The van der Waals surface area contributed by atoms with E-state index in [0.717, 1.165) is 26.9 Å². The van der Waals surface area contributed by atoms with Gasteiger partial charge in [-0.15, -0.1) is 0 Å². The quantitative estimate of drug-likeness (QED) is 0.633. The van der Waals surface area contributed by atoms with Gasteiger partial charge in [0, 0.05) is 13.0 Å². The van der Waals surface area contributed by atoms with Crippen molar-refractivity contribution in [2.45, 2.75) is 45.6 Å². The van der Waals surface area contributed by atoms with E-state index in [1.807, 2.05) is 32.3 Å². The number of hydrogen-bond acceptors (Lipinski definition) is 4. The predicted octanol–water partition coefficient (Wildman–Crippen LogP) is 3.94. The van der Waals surface area contributed by atoms with E-state index in [4.69, 9.17) is 0 Å². The summed E-state index contributed by atoms with van der Waals surface area (Å²) in [5.74, 6) is -0.660. The zero-order chi connectivity index (χ0) is 20.5. The molecule has 1 amide bonds. The lowest BCUT2D eigenvalue weighted by Crippen LogP contribution is -2.17. The summed E-state index contributed by atoms with van der Waals surface area (Å²) >= 11 is 1.47. The van der Waals surface area contributed by atoms with Crippen molar-refractivity contribution in [2.24, 2.45) is 4.99 Å². The summed E-state index contributed by atoms with van der Waals surface area (Å²) in [5.41, 5.74) is 4.36. The largest absolute Gasteiger partial charge is 0.317 e. The maximum Gasteiger partial charge on any atom is 0.249 e. The first-order valence-electron chi connectivity index (χ1n) is 9.19. The van der Waals surface area contributed by atoms with E-state index in [1.54, 1.807) is 24.3 Å². The van der Waals surface area contributed by atoms with Crippen LogP contribution < -0.4 is 4.80 Å². The second kappa shape index (κ2) is 8.01. The first-order valence-corrected chi connectivity index (χ1v) is 11.7. The van der Waals surface area contributed by atoms with E-state index >= 15 is 0 Å². The van der Waals surface area contributed by atoms with Gasteiger partial charge in [-0.3, -0.25) is 4.79 Å². The summed E-state index contributed by atoms with van der Waals surface area (Å²) in [7, 11) is -3.50. The van der Waals surface area contributed by atoms with Gasteiger partial charge in [-0.2, -0.15) is 4.99 Å². The maximum atomic E-state index is 12.4. The molecule has 1 heterocycles. The molecular formula is C21H24N2O3S2. The number of aryl methyl sites for hydroxylation is 4. The number of aromatic nitrogens is 1. The third-order valence-electron chi connectivity index (χ3n) is 4.62. The molecule has 28 heavy (non-hydrogen) atoms. The van der Waals surface area contributed by atoms with Crippen LogP contribution in [0.4, 0.5) is 0 Å². The van der Waals surface area contributed by atoms with Gasteiger partial charge in [-0.1, -0.05) is 35.1 Å². The summed E-state index contributed by atoms with van der Waals surface area (Å²) in [6, 6.07) is 10.9. The van der Waals surface area contributed by atoms with Gasteiger partial charge >= 0.3 is 0 Å². The summed E-state index contributed by atoms with van der Waals surface area (Å²) in [4.78, 5) is 17.5. The van der Waals surface area contributed by atoms with E-state index in [-0.39, 0.29) is 17.1 Å². The number of fused-ring (bicyclic) bond motifs is 1. The number of benzene rings is 2. The topological polar surface area (TPSA) is 68.5 Å². The molecule has 0 saturated carbocycles. The van der Waals surface area contributed by atoms with E-state index in [9.17, 15) is 13.2 Å². The minimum absolute atomic E-state index is 0.133. The number of carbonyl (C=O) groups is 1. The fourth-order valence-corrected chi connectivity index (χ4v) is 5.54. The van der Waals surface area contributed by atoms with E-state index in [1.165, 1.54) is 11.3 Å². The number of rotatable bonds is 5. The molecule has 0 radical (unpaired) electrons. The van der Waals surface area contributed by atoms with Crippen LogP contribution in [0, 0.1) is 20.8 Å². The standard InChI is InChI=1S/C21H24N2O3S2/c1-5-23-18-13-15(3)12-16(4)20(18)27-21(23)22-19(24)10-11-28(25,26)17-8-6-14(2)7-9-17/h6-9,12-13H,5,10-11H2,1-4H3. The number of hydrogen-bond donors (Lipinski definition) is 0. The molecular weight excluding hydrogens is 392 g/mol. The Morgan fingerprint density at radius 3 is 2.39 bits per heavy atom. The van der Waals surface area contributed by atoms with E-state index in [2.05, 4.69) is 17.1 Å². The molecule has 3 rings (SSSR count). The Balaban J connectivity index is 1.87. The summed E-state index contributed by atoms with van der Waals surface area (Å²) in [6.07, 6.45) is -0.133. The summed E-state index contributed by atoms with van der Waals surface area (Å²) in [6.45, 7) is 8.69. The lowest BCUT2D eigenvalue weighted by atomic mass is 10.1. The highest BCUT2D eigenvalue weighted by Crippen LogP contribution is 2.23. The van der Waals surface area contributed by atoms with Crippen LogP contribution >= 0.6 is 11.3 Å². The molecule has 5 nitrogen and oxygen atoms in total. The van der Waals surface area contributed by atoms with Gasteiger partial charge in [0.25, 0.3) is 0 Å². The molecule has 1 aromatic heterocycles. The highest BCUT2D eigenvalue weighted by molar-refractivity contribution is 7.91. The molecule has 0 aliphatic heterocycles. The summed E-state index contributed by atoms with van der Waals surface area (Å²) in [5, 5.41) is 0. The van der Waals surface area contributed by atoms with Gasteiger partial charge in [0.15, 0.2) is 14.6 Å². The van der Waals surface area contributed by atoms with E-state index < -0.39 is 15.7 Å². The number of amides is 1. The zero-order valence-electron chi connectivity index (χ0n) is 16.5. The second-order valence-electron chi connectivity index (χ2n) is 6.95. The fourth-order valence-electron chi connectivity index (χ4n) is 3.15. The Morgan fingerprint density at radius 1 is 1.07 bits per heavy atom. The van der Waals surface area contributed by atoms with Gasteiger partial charge in [0.1, 0.15) is 0 Å². The smallest absolute Gasteiger partial charge is 0.249 e. The van der Waals surface area contributed by atoms with Gasteiger partial charge in [-0.05, 0) is 57.0 Å². The third-order valence-corrected chi connectivity index (χ3v) is 7.58. The van der Waals surface area contributed by atoms with Crippen molar-refractivity contribution >= 4 is 37.3 Å². The van der Waals surface area contributed by atoms with Crippen LogP contribution in [0.3, 0.4) is 0 Å². The van der Waals surface area contributed by atoms with Gasteiger partial charge < -0.3 is 4.57 Å². The second-order valence-corrected chi connectivity index (χ2v) is 10.0. The minimum Gasteiger partial charge on any atom is -0.317 e. The Labute approximate surface area is 169 Å². The summed E-state index contributed by atoms with van der Waals surface area (Å²) < 4.78 is 28.0. The van der Waals surface area contributed by atoms with Crippen molar-refractivity contribution in [3.63, 3.8) is 0 Å². The normalized spacial score (nSPS) is 12.6. The fraction of sp³-hybridized carbons (Fsp3) is 0.333. The van der Waals surface area contributed by atoms with Gasteiger partial charge in [0.05, 0.1) is 20.9 Å². The molecule has 148 valence electrons. The highest BCUT2D eigenvalue weighted by atomic mass is 32.2. The molecule has 2 aromatic carbocycles. The Kier molecular flexibility index (Phi) is 5.86. The molecule has 0 N–H and O–H groups in total. The van der Waals surface area contributed by atoms with Crippen LogP contribution in [0.15, 0.2) is 46.3 Å². The number of nitrogens with zero attached hydrogens (tertiary/aromatic N) is 2. The molecule has 0 unspecified atom stereocenters. The minimum atomic E-state index is -3.50. The zero-order valence-corrected chi connectivity index (χ0v) is 18.2. The molecule has 7 heteroatoms. The average Bonchev–Trinajstić information content (AvgIpc) is 2.98. The monoisotopic (exact) mass is 416 g/mol. The molecule has 0 aliphatic carbocycles. The number of sulfone groups is 1. The van der Waals surface area contributed by atoms with Crippen molar-refractivity contribution in [3.8, 4) is 0 Å². The Bertz CT molecular complexity index is 1200. The lowest BCUT2D eigenvalue weighted by Gasteiger charge is -2.04. The Morgan fingerprint density at radius 2 is 1.75 bits per heavy atom. The average molecular weight is 417 g/mol. The maximum absolute atomic E-state index is 12.4. The third kappa shape index (κ3) is 4.25. The van der Waals surface area contributed by atoms with E-state index in [0.29, 0.717) is 11.3 Å². The Hall–Kier alpha value is -2.25. The van der Waals surface area contributed by atoms with Crippen LogP contribution in [0.5, 0.6) is 0 Å². The van der Waals surface area contributed by atoms with Gasteiger partial charge in [0.2, 0.25) is 5.91 Å². The first kappa shape index (κ1) is 20.5. The highest BCUT2D eigenvalue weighted by Gasteiger charge is 2.17. The predicted molar refractivity (Wildman–Crippen MR) is 113 cm³/mol.